The van der Waals surface area contributed by atoms with Crippen LogP contribution in [0.3, 0.4) is 0 Å². The van der Waals surface area contributed by atoms with Crippen molar-refractivity contribution in [2.45, 2.75) is 32.4 Å². The Hall–Kier alpha value is -2.69. The van der Waals surface area contributed by atoms with Crippen molar-refractivity contribution in [1.29, 1.82) is 0 Å². The van der Waals surface area contributed by atoms with Gasteiger partial charge < -0.3 is 19.5 Å². The molecule has 0 saturated carbocycles. The predicted octanol–water partition coefficient (Wildman–Crippen LogP) is 3.43. The summed E-state index contributed by atoms with van der Waals surface area (Å²) in [6.07, 6.45) is 0.720. The molecule has 0 radical (unpaired) electrons. The first-order valence-electron chi connectivity index (χ1n) is 8.59. The summed E-state index contributed by atoms with van der Waals surface area (Å²) in [5.74, 6) is 2.07. The number of carbonyl (C=O) groups excluding carboxylic acids is 1. The van der Waals surface area contributed by atoms with Crippen molar-refractivity contribution in [3.63, 3.8) is 0 Å². The fourth-order valence-corrected chi connectivity index (χ4v) is 2.59. The summed E-state index contributed by atoms with van der Waals surface area (Å²) in [6, 6.07) is 14.5. The fourth-order valence-electron chi connectivity index (χ4n) is 2.59. The second-order valence-corrected chi connectivity index (χ2v) is 6.05. The third-order valence-electron chi connectivity index (χ3n) is 4.04. The van der Waals surface area contributed by atoms with E-state index in [9.17, 15) is 4.79 Å². The molecule has 1 aliphatic heterocycles. The lowest BCUT2D eigenvalue weighted by Crippen LogP contribution is -2.48. The fraction of sp³-hybridized carbons (Fsp3) is 0.350. The molecule has 25 heavy (non-hydrogen) atoms. The molecule has 0 aromatic heterocycles. The molecule has 0 fully saturated rings. The lowest BCUT2D eigenvalue weighted by molar-refractivity contribution is 0.0606. The Bertz CT molecular complexity index is 714. The monoisotopic (exact) mass is 341 g/mol. The smallest absolute Gasteiger partial charge is 0.251 e. The molecule has 2 aromatic carbocycles. The van der Waals surface area contributed by atoms with Gasteiger partial charge in [0.25, 0.3) is 5.91 Å². The minimum atomic E-state index is -0.231. The van der Waals surface area contributed by atoms with E-state index >= 15 is 0 Å². The standard InChI is InChI=1S/C20H23NO4/c1-3-12-23-16-10-8-15(9-11-16)20(22)21-14(2)19-13-24-17-6-4-5-7-18(17)25-19/h4-11,14,19H,3,12-13H2,1-2H3,(H,21,22)/t14-,19-/m1/s1. The number of hydrogen-bond donors (Lipinski definition) is 1. The van der Waals surface area contributed by atoms with Crippen LogP contribution in [0.15, 0.2) is 48.5 Å². The van der Waals surface area contributed by atoms with Gasteiger partial charge in [0.1, 0.15) is 12.4 Å². The molecule has 1 aliphatic rings. The topological polar surface area (TPSA) is 56.8 Å². The van der Waals surface area contributed by atoms with Gasteiger partial charge in [-0.3, -0.25) is 4.79 Å². The van der Waals surface area contributed by atoms with Crippen LogP contribution in [0.1, 0.15) is 30.6 Å². The van der Waals surface area contributed by atoms with Crippen LogP contribution in [-0.2, 0) is 0 Å². The number of carbonyl (C=O) groups is 1. The van der Waals surface area contributed by atoms with Crippen molar-refractivity contribution in [3.8, 4) is 17.2 Å². The van der Waals surface area contributed by atoms with Gasteiger partial charge in [-0.25, -0.2) is 0 Å². The number of fused-ring (bicyclic) bond motifs is 1. The third kappa shape index (κ3) is 4.24. The largest absolute Gasteiger partial charge is 0.494 e. The van der Waals surface area contributed by atoms with Crippen LogP contribution in [0.2, 0.25) is 0 Å². The van der Waals surface area contributed by atoms with Crippen LogP contribution in [0.4, 0.5) is 0 Å². The van der Waals surface area contributed by atoms with E-state index in [1.807, 2.05) is 43.3 Å². The van der Waals surface area contributed by atoms with E-state index in [2.05, 4.69) is 12.2 Å². The first-order valence-corrected chi connectivity index (χ1v) is 8.59. The lowest BCUT2D eigenvalue weighted by Gasteiger charge is -2.30. The molecule has 0 saturated heterocycles. The molecule has 0 bridgehead atoms. The Morgan fingerprint density at radius 3 is 2.64 bits per heavy atom. The van der Waals surface area contributed by atoms with Gasteiger partial charge in [-0.2, -0.15) is 0 Å². The van der Waals surface area contributed by atoms with Crippen molar-refractivity contribution in [2.24, 2.45) is 0 Å². The molecular formula is C20H23NO4. The van der Waals surface area contributed by atoms with Crippen molar-refractivity contribution in [2.75, 3.05) is 13.2 Å². The molecule has 1 heterocycles. The highest BCUT2D eigenvalue weighted by Gasteiger charge is 2.27. The minimum absolute atomic E-state index is 0.142. The minimum Gasteiger partial charge on any atom is -0.494 e. The van der Waals surface area contributed by atoms with E-state index in [1.165, 1.54) is 0 Å². The highest BCUT2D eigenvalue weighted by Crippen LogP contribution is 2.31. The van der Waals surface area contributed by atoms with Gasteiger partial charge in [-0.15, -0.1) is 0 Å². The molecule has 1 amide bonds. The van der Waals surface area contributed by atoms with Crippen LogP contribution in [-0.4, -0.2) is 31.3 Å². The maximum atomic E-state index is 12.4. The van der Waals surface area contributed by atoms with Gasteiger partial charge >= 0.3 is 0 Å². The summed E-state index contributed by atoms with van der Waals surface area (Å²) >= 11 is 0. The maximum Gasteiger partial charge on any atom is 0.251 e. The van der Waals surface area contributed by atoms with Crippen molar-refractivity contribution in [3.05, 3.63) is 54.1 Å². The zero-order valence-electron chi connectivity index (χ0n) is 14.5. The zero-order valence-corrected chi connectivity index (χ0v) is 14.5. The van der Waals surface area contributed by atoms with Gasteiger partial charge in [0.15, 0.2) is 17.6 Å². The third-order valence-corrected chi connectivity index (χ3v) is 4.04. The molecule has 5 nitrogen and oxygen atoms in total. The normalized spacial score (nSPS) is 16.8. The first kappa shape index (κ1) is 17.1. The number of para-hydroxylation sites is 2. The molecule has 1 N–H and O–H groups in total. The van der Waals surface area contributed by atoms with Gasteiger partial charge in [-0.05, 0) is 49.7 Å². The zero-order chi connectivity index (χ0) is 17.6. The van der Waals surface area contributed by atoms with Crippen molar-refractivity contribution >= 4 is 5.91 Å². The number of benzene rings is 2. The lowest BCUT2D eigenvalue weighted by atomic mass is 10.1. The van der Waals surface area contributed by atoms with Crippen molar-refractivity contribution < 1.29 is 19.0 Å². The van der Waals surface area contributed by atoms with E-state index in [0.717, 1.165) is 17.9 Å². The van der Waals surface area contributed by atoms with Crippen LogP contribution in [0.25, 0.3) is 0 Å². The highest BCUT2D eigenvalue weighted by molar-refractivity contribution is 5.94. The Kier molecular flexibility index (Phi) is 5.43. The molecular weight excluding hydrogens is 318 g/mol. The molecule has 2 atom stereocenters. The molecule has 0 unspecified atom stereocenters. The average Bonchev–Trinajstić information content (AvgIpc) is 2.66. The molecule has 132 valence electrons. The van der Waals surface area contributed by atoms with E-state index in [0.29, 0.717) is 24.5 Å². The van der Waals surface area contributed by atoms with Crippen LogP contribution < -0.4 is 19.5 Å². The van der Waals surface area contributed by atoms with E-state index in [-0.39, 0.29) is 18.1 Å². The second-order valence-electron chi connectivity index (χ2n) is 6.05. The summed E-state index contributed by atoms with van der Waals surface area (Å²) in [7, 11) is 0. The molecule has 0 spiro atoms. The summed E-state index contributed by atoms with van der Waals surface area (Å²) in [5.41, 5.74) is 0.591. The Balaban J connectivity index is 1.57. The quantitative estimate of drug-likeness (QED) is 0.874. The summed E-state index contributed by atoms with van der Waals surface area (Å²) < 4.78 is 17.2. The Morgan fingerprint density at radius 1 is 1.20 bits per heavy atom. The maximum absolute atomic E-state index is 12.4. The SMILES string of the molecule is CCCOc1ccc(C(=O)N[C@H](C)[C@H]2COc3ccccc3O2)cc1. The number of ether oxygens (including phenoxy) is 3. The molecule has 5 heteroatoms. The Labute approximate surface area is 147 Å². The number of amides is 1. The highest BCUT2D eigenvalue weighted by atomic mass is 16.6. The van der Waals surface area contributed by atoms with Crippen LogP contribution >= 0.6 is 0 Å². The van der Waals surface area contributed by atoms with E-state index < -0.39 is 0 Å². The predicted molar refractivity (Wildman–Crippen MR) is 95.5 cm³/mol. The number of rotatable bonds is 6. The first-order chi connectivity index (χ1) is 12.2. The Morgan fingerprint density at radius 2 is 1.92 bits per heavy atom. The summed E-state index contributed by atoms with van der Waals surface area (Å²) in [4.78, 5) is 12.4. The molecule has 2 aromatic rings. The molecule has 3 rings (SSSR count). The van der Waals surface area contributed by atoms with Crippen LogP contribution in [0.5, 0.6) is 17.2 Å². The van der Waals surface area contributed by atoms with Crippen LogP contribution in [0, 0.1) is 0 Å². The van der Waals surface area contributed by atoms with E-state index in [4.69, 9.17) is 14.2 Å². The van der Waals surface area contributed by atoms with Gasteiger partial charge in [0, 0.05) is 5.56 Å². The molecule has 0 aliphatic carbocycles. The summed E-state index contributed by atoms with van der Waals surface area (Å²) in [6.45, 7) is 5.04. The van der Waals surface area contributed by atoms with E-state index in [1.54, 1.807) is 12.1 Å². The number of nitrogens with one attached hydrogen (secondary N) is 1. The van der Waals surface area contributed by atoms with Gasteiger partial charge in [0.05, 0.1) is 12.6 Å². The summed E-state index contributed by atoms with van der Waals surface area (Å²) in [5, 5.41) is 2.97. The second kappa shape index (κ2) is 7.92. The average molecular weight is 341 g/mol. The number of hydrogen-bond acceptors (Lipinski definition) is 4. The van der Waals surface area contributed by atoms with Crippen molar-refractivity contribution in [1.82, 2.24) is 5.32 Å². The van der Waals surface area contributed by atoms with Gasteiger partial charge in [-0.1, -0.05) is 19.1 Å². The van der Waals surface area contributed by atoms with Gasteiger partial charge in [0.2, 0.25) is 0 Å².